The van der Waals surface area contributed by atoms with E-state index in [0.717, 1.165) is 17.0 Å². The number of hydrogen-bond acceptors (Lipinski definition) is 2. The molecule has 0 aliphatic heterocycles. The van der Waals surface area contributed by atoms with Crippen LogP contribution >= 0.6 is 11.3 Å². The van der Waals surface area contributed by atoms with Crippen molar-refractivity contribution in [3.8, 4) is 28.2 Å². The second-order valence-corrected chi connectivity index (χ2v) is 8.96. The van der Waals surface area contributed by atoms with E-state index >= 15 is 0 Å². The molecule has 0 amide bonds. The molecule has 4 heteroatoms. The zero-order chi connectivity index (χ0) is 21.7. The van der Waals surface area contributed by atoms with Crippen LogP contribution in [0.15, 0.2) is 96.5 Å². The quantitative estimate of drug-likeness (QED) is 0.285. The normalized spacial score (nSPS) is 11.4. The van der Waals surface area contributed by atoms with Crippen LogP contribution in [0.1, 0.15) is 5.56 Å². The van der Waals surface area contributed by atoms with Crippen molar-refractivity contribution < 1.29 is 4.57 Å². The second kappa shape index (κ2) is 7.43. The van der Waals surface area contributed by atoms with Crippen LogP contribution in [0.25, 0.3) is 49.5 Å². The van der Waals surface area contributed by atoms with Crippen LogP contribution in [0.3, 0.4) is 0 Å². The number of thiazole rings is 1. The van der Waals surface area contributed by atoms with E-state index < -0.39 is 0 Å². The van der Waals surface area contributed by atoms with Gasteiger partial charge in [-0.15, -0.1) is 11.3 Å². The first kappa shape index (κ1) is 19.0. The van der Waals surface area contributed by atoms with E-state index in [2.05, 4.69) is 114 Å². The molecule has 0 radical (unpaired) electrons. The number of nitrogens with zero attached hydrogens (tertiary/aromatic N) is 3. The number of aromatic nitrogens is 3. The highest BCUT2D eigenvalue weighted by molar-refractivity contribution is 7.16. The van der Waals surface area contributed by atoms with Crippen LogP contribution in [0.5, 0.6) is 0 Å². The maximum atomic E-state index is 4.75. The lowest BCUT2D eigenvalue weighted by molar-refractivity contribution is -0.633. The Balaban J connectivity index is 1.64. The van der Waals surface area contributed by atoms with Crippen molar-refractivity contribution in [1.82, 2.24) is 9.55 Å². The highest BCUT2D eigenvalue weighted by Gasteiger charge is 2.29. The summed E-state index contributed by atoms with van der Waals surface area (Å²) in [6, 6.07) is 32.3. The SMILES string of the molecule is Cc1ccc2scnc2c1-c1n(-c2ccc(-c3ccccc3)cc2)c2ccccc2[n+]1C. The molecule has 0 N–H and O–H groups in total. The number of para-hydroxylation sites is 2. The van der Waals surface area contributed by atoms with Gasteiger partial charge in [-0.1, -0.05) is 60.7 Å². The molecule has 0 bridgehead atoms. The van der Waals surface area contributed by atoms with Gasteiger partial charge in [0.05, 0.1) is 28.3 Å². The van der Waals surface area contributed by atoms with Gasteiger partial charge in [-0.2, -0.15) is 4.57 Å². The van der Waals surface area contributed by atoms with E-state index in [1.807, 2.05) is 5.51 Å². The predicted octanol–water partition coefficient (Wildman–Crippen LogP) is 6.71. The van der Waals surface area contributed by atoms with Gasteiger partial charge in [0, 0.05) is 0 Å². The van der Waals surface area contributed by atoms with Crippen molar-refractivity contribution >= 4 is 32.6 Å². The van der Waals surface area contributed by atoms with Crippen LogP contribution in [-0.4, -0.2) is 9.55 Å². The second-order valence-electron chi connectivity index (χ2n) is 8.08. The van der Waals surface area contributed by atoms with Crippen molar-refractivity contribution in [3.63, 3.8) is 0 Å². The van der Waals surface area contributed by atoms with E-state index in [4.69, 9.17) is 4.98 Å². The molecular weight excluding hydrogens is 410 g/mol. The van der Waals surface area contributed by atoms with Crippen molar-refractivity contribution in [3.05, 3.63) is 102 Å². The third-order valence-electron chi connectivity index (χ3n) is 6.18. The molecule has 0 saturated carbocycles. The minimum Gasteiger partial charge on any atom is -0.244 e. The molecule has 0 unspecified atom stereocenters. The van der Waals surface area contributed by atoms with E-state index in [-0.39, 0.29) is 0 Å². The van der Waals surface area contributed by atoms with Crippen molar-refractivity contribution in [2.45, 2.75) is 6.92 Å². The summed E-state index contributed by atoms with van der Waals surface area (Å²) in [5.74, 6) is 1.15. The molecular formula is C28H22N3S+. The number of fused-ring (bicyclic) bond motifs is 2. The average molecular weight is 433 g/mol. The zero-order valence-electron chi connectivity index (χ0n) is 18.0. The van der Waals surface area contributed by atoms with E-state index in [0.29, 0.717) is 0 Å². The third-order valence-corrected chi connectivity index (χ3v) is 6.97. The van der Waals surface area contributed by atoms with E-state index in [1.165, 1.54) is 38.0 Å². The van der Waals surface area contributed by atoms with Crippen LogP contribution < -0.4 is 4.57 Å². The summed E-state index contributed by atoms with van der Waals surface area (Å²) in [6.45, 7) is 2.18. The first-order valence-corrected chi connectivity index (χ1v) is 11.6. The maximum Gasteiger partial charge on any atom is 0.297 e. The first-order chi connectivity index (χ1) is 15.7. The van der Waals surface area contributed by atoms with Gasteiger partial charge in [0.1, 0.15) is 5.69 Å². The van der Waals surface area contributed by atoms with E-state index in [9.17, 15) is 0 Å². The summed E-state index contributed by atoms with van der Waals surface area (Å²) in [4.78, 5) is 4.75. The Labute approximate surface area is 190 Å². The molecule has 0 aliphatic carbocycles. The lowest BCUT2D eigenvalue weighted by atomic mass is 10.0. The molecule has 4 aromatic carbocycles. The fourth-order valence-corrected chi connectivity index (χ4v) is 5.29. The van der Waals surface area contributed by atoms with Gasteiger partial charge >= 0.3 is 0 Å². The molecule has 0 saturated heterocycles. The summed E-state index contributed by atoms with van der Waals surface area (Å²) in [7, 11) is 2.15. The Hall–Kier alpha value is -3.76. The minimum absolute atomic E-state index is 1.07. The number of rotatable bonds is 3. The molecule has 0 atom stereocenters. The van der Waals surface area contributed by atoms with Crippen molar-refractivity contribution in [2.75, 3.05) is 0 Å². The Bertz CT molecular complexity index is 1570. The molecule has 0 spiro atoms. The fourth-order valence-electron chi connectivity index (χ4n) is 4.60. The Morgan fingerprint density at radius 1 is 0.781 bits per heavy atom. The van der Waals surface area contributed by atoms with Gasteiger partial charge in [0.15, 0.2) is 11.0 Å². The molecule has 2 aromatic heterocycles. The zero-order valence-corrected chi connectivity index (χ0v) is 18.8. The topological polar surface area (TPSA) is 21.7 Å². The summed E-state index contributed by atoms with van der Waals surface area (Å²) in [5.41, 5.74) is 11.4. The lowest BCUT2D eigenvalue weighted by Gasteiger charge is -2.08. The Morgan fingerprint density at radius 3 is 2.31 bits per heavy atom. The Morgan fingerprint density at radius 2 is 1.50 bits per heavy atom. The van der Waals surface area contributed by atoms with Gasteiger partial charge < -0.3 is 0 Å². The van der Waals surface area contributed by atoms with Crippen LogP contribution in [0.4, 0.5) is 0 Å². The van der Waals surface area contributed by atoms with E-state index in [1.54, 1.807) is 11.3 Å². The monoisotopic (exact) mass is 432 g/mol. The number of imidazole rings is 1. The smallest absolute Gasteiger partial charge is 0.244 e. The lowest BCUT2D eigenvalue weighted by Crippen LogP contribution is -2.30. The molecule has 6 rings (SSSR count). The van der Waals surface area contributed by atoms with Crippen LogP contribution in [-0.2, 0) is 7.05 Å². The van der Waals surface area contributed by atoms with Crippen LogP contribution in [0.2, 0.25) is 0 Å². The molecule has 3 nitrogen and oxygen atoms in total. The minimum atomic E-state index is 1.07. The molecule has 0 fully saturated rings. The van der Waals surface area contributed by atoms with Crippen molar-refractivity contribution in [1.29, 1.82) is 0 Å². The number of aryl methyl sites for hydroxylation is 2. The summed E-state index contributed by atoms with van der Waals surface area (Å²) >= 11 is 1.69. The molecule has 154 valence electrons. The Kier molecular flexibility index (Phi) is 4.40. The van der Waals surface area contributed by atoms with Gasteiger partial charge in [0.2, 0.25) is 0 Å². The largest absolute Gasteiger partial charge is 0.297 e. The molecule has 32 heavy (non-hydrogen) atoms. The summed E-state index contributed by atoms with van der Waals surface area (Å²) < 4.78 is 5.87. The number of hydrogen-bond donors (Lipinski definition) is 0. The number of benzene rings is 4. The van der Waals surface area contributed by atoms with Gasteiger partial charge in [0.25, 0.3) is 5.82 Å². The predicted molar refractivity (Wildman–Crippen MR) is 133 cm³/mol. The average Bonchev–Trinajstić information content (AvgIpc) is 3.43. The van der Waals surface area contributed by atoms with Crippen LogP contribution in [0, 0.1) is 6.92 Å². The van der Waals surface area contributed by atoms with Gasteiger partial charge in [-0.3, -0.25) is 0 Å². The highest BCUT2D eigenvalue weighted by Crippen LogP contribution is 2.35. The molecule has 2 heterocycles. The summed E-state index contributed by atoms with van der Waals surface area (Å²) in [6.07, 6.45) is 0. The highest BCUT2D eigenvalue weighted by atomic mass is 32.1. The summed E-state index contributed by atoms with van der Waals surface area (Å²) in [5, 5.41) is 0. The molecule has 0 aliphatic rings. The first-order valence-electron chi connectivity index (χ1n) is 10.7. The van der Waals surface area contributed by atoms with Crippen molar-refractivity contribution in [2.24, 2.45) is 7.05 Å². The molecule has 6 aromatic rings. The fraction of sp³-hybridized carbons (Fsp3) is 0.0714. The van der Waals surface area contributed by atoms with Gasteiger partial charge in [-0.25, -0.2) is 9.55 Å². The maximum absolute atomic E-state index is 4.75. The third kappa shape index (κ3) is 2.88. The standard InChI is InChI=1S/C28H22N3S/c1-19-12-17-25-27(29-18-32-25)26(19)28-30(2)23-10-6-7-11-24(23)31(28)22-15-13-21(14-16-22)20-8-4-3-5-9-20/h3-18H,1-2H3/q+1. The van der Waals surface area contributed by atoms with Gasteiger partial charge in [-0.05, 0) is 53.9 Å².